The lowest BCUT2D eigenvalue weighted by Gasteiger charge is -2.30. The molecule has 4 heteroatoms. The normalized spacial score (nSPS) is 29.7. The molecule has 2 saturated heterocycles. The van der Waals surface area contributed by atoms with Crippen LogP contribution >= 0.6 is 0 Å². The van der Waals surface area contributed by atoms with E-state index in [1.165, 1.54) is 32.1 Å². The number of carbonyl (C=O) groups excluding carboxylic acids is 1. The highest BCUT2D eigenvalue weighted by Crippen LogP contribution is 2.17. The standard InChI is InChI=1S/C15H28N2O2/c1-12(14-7-2-4-10-16-14)17-15(18)9-8-13-6-3-5-11-19-13/h12-14,16H,2-11H2,1H3,(H,17,18). The predicted molar refractivity (Wildman–Crippen MR) is 76.1 cm³/mol. The van der Waals surface area contributed by atoms with Crippen LogP contribution in [0.3, 0.4) is 0 Å². The van der Waals surface area contributed by atoms with Gasteiger partial charge in [-0.1, -0.05) is 6.42 Å². The largest absolute Gasteiger partial charge is 0.378 e. The lowest BCUT2D eigenvalue weighted by Crippen LogP contribution is -2.50. The number of rotatable bonds is 5. The molecule has 2 rings (SSSR count). The van der Waals surface area contributed by atoms with E-state index in [2.05, 4.69) is 17.6 Å². The molecule has 2 heterocycles. The van der Waals surface area contributed by atoms with E-state index in [0.29, 0.717) is 18.6 Å². The second-order valence-corrected chi connectivity index (χ2v) is 5.94. The molecule has 0 aliphatic carbocycles. The van der Waals surface area contributed by atoms with Crippen LogP contribution in [0.4, 0.5) is 0 Å². The quantitative estimate of drug-likeness (QED) is 0.801. The molecule has 2 fully saturated rings. The molecule has 2 aliphatic rings. The van der Waals surface area contributed by atoms with Gasteiger partial charge >= 0.3 is 0 Å². The molecule has 0 aromatic heterocycles. The van der Waals surface area contributed by atoms with E-state index in [4.69, 9.17) is 4.74 Å². The zero-order chi connectivity index (χ0) is 13.5. The van der Waals surface area contributed by atoms with Crippen molar-refractivity contribution in [3.8, 4) is 0 Å². The lowest BCUT2D eigenvalue weighted by molar-refractivity contribution is -0.123. The highest BCUT2D eigenvalue weighted by atomic mass is 16.5. The van der Waals surface area contributed by atoms with Crippen LogP contribution in [0, 0.1) is 0 Å². The molecule has 3 unspecified atom stereocenters. The Balaban J connectivity index is 1.62. The molecular weight excluding hydrogens is 240 g/mol. The predicted octanol–water partition coefficient (Wildman–Crippen LogP) is 1.98. The molecule has 4 nitrogen and oxygen atoms in total. The van der Waals surface area contributed by atoms with Gasteiger partial charge in [-0.05, 0) is 52.0 Å². The Hall–Kier alpha value is -0.610. The molecule has 0 saturated carbocycles. The zero-order valence-electron chi connectivity index (χ0n) is 12.1. The maximum absolute atomic E-state index is 11.9. The molecule has 1 amide bonds. The Morgan fingerprint density at radius 2 is 2.16 bits per heavy atom. The summed E-state index contributed by atoms with van der Waals surface area (Å²) in [5.74, 6) is 0.175. The van der Waals surface area contributed by atoms with E-state index < -0.39 is 0 Å². The Bertz CT molecular complexity index is 271. The third-order valence-corrected chi connectivity index (χ3v) is 4.31. The van der Waals surface area contributed by atoms with Crippen LogP contribution in [0.5, 0.6) is 0 Å². The van der Waals surface area contributed by atoms with Gasteiger partial charge in [0.25, 0.3) is 0 Å². The minimum absolute atomic E-state index is 0.175. The van der Waals surface area contributed by atoms with E-state index >= 15 is 0 Å². The van der Waals surface area contributed by atoms with Gasteiger partial charge in [0.15, 0.2) is 0 Å². The highest BCUT2D eigenvalue weighted by Gasteiger charge is 2.21. The third kappa shape index (κ3) is 5.11. The van der Waals surface area contributed by atoms with E-state index in [1.54, 1.807) is 0 Å². The van der Waals surface area contributed by atoms with Gasteiger partial charge in [0, 0.05) is 25.1 Å². The summed E-state index contributed by atoms with van der Waals surface area (Å²) in [6.45, 7) is 4.06. The fraction of sp³-hybridized carbons (Fsp3) is 0.933. The van der Waals surface area contributed by atoms with Crippen molar-refractivity contribution >= 4 is 5.91 Å². The molecule has 0 spiro atoms. The second-order valence-electron chi connectivity index (χ2n) is 5.94. The molecule has 0 bridgehead atoms. The van der Waals surface area contributed by atoms with Crippen molar-refractivity contribution in [2.75, 3.05) is 13.2 Å². The van der Waals surface area contributed by atoms with E-state index in [1.807, 2.05) is 0 Å². The van der Waals surface area contributed by atoms with E-state index in [9.17, 15) is 4.79 Å². The first-order valence-corrected chi connectivity index (χ1v) is 7.90. The molecule has 0 aromatic rings. The molecule has 2 N–H and O–H groups in total. The summed E-state index contributed by atoms with van der Waals surface area (Å²) < 4.78 is 5.66. The highest BCUT2D eigenvalue weighted by molar-refractivity contribution is 5.76. The van der Waals surface area contributed by atoms with Crippen molar-refractivity contribution in [2.45, 2.75) is 76.5 Å². The monoisotopic (exact) mass is 268 g/mol. The Morgan fingerprint density at radius 3 is 2.84 bits per heavy atom. The lowest BCUT2D eigenvalue weighted by atomic mass is 9.98. The SMILES string of the molecule is CC(NC(=O)CCC1CCCCO1)C1CCCCN1. The summed E-state index contributed by atoms with van der Waals surface area (Å²) in [6.07, 6.45) is 9.02. The maximum Gasteiger partial charge on any atom is 0.220 e. The molecular formula is C15H28N2O2. The molecule has 2 aliphatic heterocycles. The average molecular weight is 268 g/mol. The summed E-state index contributed by atoms with van der Waals surface area (Å²) in [7, 11) is 0. The minimum atomic E-state index is 0.175. The average Bonchev–Trinajstić information content (AvgIpc) is 2.47. The van der Waals surface area contributed by atoms with Gasteiger partial charge in [-0.15, -0.1) is 0 Å². The second kappa shape index (κ2) is 7.85. The Kier molecular flexibility index (Phi) is 6.11. The van der Waals surface area contributed by atoms with Crippen molar-refractivity contribution in [1.82, 2.24) is 10.6 Å². The Morgan fingerprint density at radius 1 is 1.32 bits per heavy atom. The summed E-state index contributed by atoms with van der Waals surface area (Å²) in [5, 5.41) is 6.62. The molecule has 0 aromatic carbocycles. The molecule has 3 atom stereocenters. The third-order valence-electron chi connectivity index (χ3n) is 4.31. The van der Waals surface area contributed by atoms with E-state index in [0.717, 1.165) is 26.0 Å². The van der Waals surface area contributed by atoms with Crippen molar-refractivity contribution in [1.29, 1.82) is 0 Å². The minimum Gasteiger partial charge on any atom is -0.378 e. The number of piperidine rings is 1. The smallest absolute Gasteiger partial charge is 0.220 e. The van der Waals surface area contributed by atoms with Crippen molar-refractivity contribution in [3.05, 3.63) is 0 Å². The number of ether oxygens (including phenoxy) is 1. The summed E-state index contributed by atoms with van der Waals surface area (Å²) in [5.41, 5.74) is 0. The first-order chi connectivity index (χ1) is 9.25. The fourth-order valence-corrected chi connectivity index (χ4v) is 3.06. The zero-order valence-corrected chi connectivity index (χ0v) is 12.1. The summed E-state index contributed by atoms with van der Waals surface area (Å²) in [6, 6.07) is 0.684. The van der Waals surface area contributed by atoms with Crippen molar-refractivity contribution in [3.63, 3.8) is 0 Å². The number of hydrogen-bond donors (Lipinski definition) is 2. The van der Waals surface area contributed by atoms with Crippen LogP contribution in [0.15, 0.2) is 0 Å². The van der Waals surface area contributed by atoms with Crippen molar-refractivity contribution in [2.24, 2.45) is 0 Å². The van der Waals surface area contributed by atoms with Gasteiger partial charge in [0.05, 0.1) is 6.10 Å². The van der Waals surface area contributed by atoms with Crippen LogP contribution in [0.1, 0.15) is 58.3 Å². The van der Waals surface area contributed by atoms with Crippen molar-refractivity contribution < 1.29 is 9.53 Å². The maximum atomic E-state index is 11.9. The van der Waals surface area contributed by atoms with Gasteiger partial charge in [-0.25, -0.2) is 0 Å². The molecule has 0 radical (unpaired) electrons. The van der Waals surface area contributed by atoms with E-state index in [-0.39, 0.29) is 11.9 Å². The fourth-order valence-electron chi connectivity index (χ4n) is 3.06. The number of hydrogen-bond acceptors (Lipinski definition) is 3. The van der Waals surface area contributed by atoms with Gasteiger partial charge in [0.1, 0.15) is 0 Å². The Labute approximate surface area is 116 Å². The topological polar surface area (TPSA) is 50.4 Å². The van der Waals surface area contributed by atoms with Crippen LogP contribution in [-0.4, -0.2) is 37.2 Å². The van der Waals surface area contributed by atoms with Gasteiger partial charge in [-0.2, -0.15) is 0 Å². The molecule has 110 valence electrons. The van der Waals surface area contributed by atoms with Crippen LogP contribution in [0.25, 0.3) is 0 Å². The van der Waals surface area contributed by atoms with Crippen LogP contribution in [-0.2, 0) is 9.53 Å². The number of carbonyl (C=O) groups is 1. The summed E-state index contributed by atoms with van der Waals surface area (Å²) >= 11 is 0. The van der Waals surface area contributed by atoms with Gasteiger partial charge < -0.3 is 15.4 Å². The van der Waals surface area contributed by atoms with Gasteiger partial charge in [-0.3, -0.25) is 4.79 Å². The van der Waals surface area contributed by atoms with Gasteiger partial charge in [0.2, 0.25) is 5.91 Å². The number of nitrogens with one attached hydrogen (secondary N) is 2. The molecule has 19 heavy (non-hydrogen) atoms. The van der Waals surface area contributed by atoms with Crippen LogP contribution in [0.2, 0.25) is 0 Å². The van der Waals surface area contributed by atoms with Crippen LogP contribution < -0.4 is 10.6 Å². The first kappa shape index (κ1) is 14.8. The number of amides is 1. The summed E-state index contributed by atoms with van der Waals surface area (Å²) in [4.78, 5) is 11.9. The first-order valence-electron chi connectivity index (χ1n) is 7.90.